The average molecular weight is 207 g/mol. The molecule has 0 fully saturated rings. The molecule has 0 aliphatic carbocycles. The largest absolute Gasteiger partial charge is 0.249 e. The van der Waals surface area contributed by atoms with Crippen LogP contribution in [-0.4, -0.2) is 16.7 Å². The Bertz CT molecular complexity index is 689. The van der Waals surface area contributed by atoms with Crippen molar-refractivity contribution in [3.05, 3.63) is 42.6 Å². The first-order valence-electron chi connectivity index (χ1n) is 5.00. The van der Waals surface area contributed by atoms with Crippen molar-refractivity contribution in [3.8, 4) is 0 Å². The number of aromatic nitrogens is 2. The molecule has 0 N–H and O–H groups in total. The minimum atomic E-state index is 0.420. The maximum absolute atomic E-state index is 4.38. The third-order valence-electron chi connectivity index (χ3n) is 2.60. The van der Waals surface area contributed by atoms with Crippen molar-refractivity contribution in [1.82, 2.24) is 9.97 Å². The Kier molecular flexibility index (Phi) is 1.90. The molecule has 3 nitrogen and oxygen atoms in total. The summed E-state index contributed by atoms with van der Waals surface area (Å²) in [5.74, 6) is 0.420. The van der Waals surface area contributed by atoms with Crippen LogP contribution >= 0.6 is 0 Å². The van der Waals surface area contributed by atoms with Gasteiger partial charge in [-0.05, 0) is 12.1 Å². The van der Waals surface area contributed by atoms with Gasteiger partial charge < -0.3 is 0 Å². The lowest BCUT2D eigenvalue weighted by Crippen LogP contribution is -1.85. The van der Waals surface area contributed by atoms with Gasteiger partial charge in [-0.1, -0.05) is 36.4 Å². The Labute approximate surface area is 92.5 Å². The van der Waals surface area contributed by atoms with Crippen LogP contribution in [-0.2, 0) is 0 Å². The SMILES string of the molecule is C=Nc1ncc2ccc3ccccc3c2n1. The second-order valence-corrected chi connectivity index (χ2v) is 3.55. The highest BCUT2D eigenvalue weighted by molar-refractivity contribution is 6.05. The normalized spacial score (nSPS) is 10.8. The smallest absolute Gasteiger partial charge is 0.228 e. The topological polar surface area (TPSA) is 38.1 Å². The number of fused-ring (bicyclic) bond motifs is 3. The fraction of sp³-hybridized carbons (Fsp3) is 0. The molecular formula is C13H9N3. The van der Waals surface area contributed by atoms with Crippen LogP contribution in [0.3, 0.4) is 0 Å². The summed E-state index contributed by atoms with van der Waals surface area (Å²) in [6, 6.07) is 12.2. The molecule has 0 aliphatic rings. The van der Waals surface area contributed by atoms with Crippen molar-refractivity contribution in [2.45, 2.75) is 0 Å². The van der Waals surface area contributed by atoms with Gasteiger partial charge in [0.2, 0.25) is 5.95 Å². The summed E-state index contributed by atoms with van der Waals surface area (Å²) < 4.78 is 0. The Morgan fingerprint density at radius 3 is 2.69 bits per heavy atom. The molecule has 0 radical (unpaired) electrons. The van der Waals surface area contributed by atoms with Crippen LogP contribution in [0.4, 0.5) is 5.95 Å². The van der Waals surface area contributed by atoms with Crippen LogP contribution in [0, 0.1) is 0 Å². The third kappa shape index (κ3) is 1.26. The van der Waals surface area contributed by atoms with E-state index < -0.39 is 0 Å². The number of hydrogen-bond acceptors (Lipinski definition) is 3. The van der Waals surface area contributed by atoms with Crippen molar-refractivity contribution in [2.24, 2.45) is 4.99 Å². The average Bonchev–Trinajstić information content (AvgIpc) is 2.38. The second-order valence-electron chi connectivity index (χ2n) is 3.55. The van der Waals surface area contributed by atoms with Gasteiger partial charge in [0.15, 0.2) is 0 Å². The predicted octanol–water partition coefficient (Wildman–Crippen LogP) is 3.12. The molecule has 2 aromatic carbocycles. The van der Waals surface area contributed by atoms with Crippen LogP contribution in [0.15, 0.2) is 47.6 Å². The van der Waals surface area contributed by atoms with Crippen molar-refractivity contribution in [2.75, 3.05) is 0 Å². The molecule has 0 saturated carbocycles. The Morgan fingerprint density at radius 2 is 1.81 bits per heavy atom. The van der Waals surface area contributed by atoms with Gasteiger partial charge in [0, 0.05) is 17.0 Å². The van der Waals surface area contributed by atoms with Gasteiger partial charge in [-0.25, -0.2) is 15.0 Å². The molecule has 0 bridgehead atoms. The number of nitrogens with zero attached hydrogens (tertiary/aromatic N) is 3. The highest BCUT2D eigenvalue weighted by Gasteiger charge is 2.02. The minimum Gasteiger partial charge on any atom is -0.228 e. The van der Waals surface area contributed by atoms with E-state index in [9.17, 15) is 0 Å². The lowest BCUT2D eigenvalue weighted by molar-refractivity contribution is 1.19. The first-order chi connectivity index (χ1) is 7.88. The fourth-order valence-electron chi connectivity index (χ4n) is 1.83. The minimum absolute atomic E-state index is 0.420. The van der Waals surface area contributed by atoms with Crippen molar-refractivity contribution in [3.63, 3.8) is 0 Å². The summed E-state index contributed by atoms with van der Waals surface area (Å²) in [6.07, 6.45) is 1.78. The zero-order valence-corrected chi connectivity index (χ0v) is 8.59. The molecule has 1 aromatic heterocycles. The second kappa shape index (κ2) is 3.38. The van der Waals surface area contributed by atoms with E-state index in [0.29, 0.717) is 5.95 Å². The van der Waals surface area contributed by atoms with Crippen LogP contribution < -0.4 is 0 Å². The summed E-state index contributed by atoms with van der Waals surface area (Å²) in [4.78, 5) is 12.2. The third-order valence-corrected chi connectivity index (χ3v) is 2.60. The maximum Gasteiger partial charge on any atom is 0.249 e. The van der Waals surface area contributed by atoms with Gasteiger partial charge in [-0.2, -0.15) is 0 Å². The number of rotatable bonds is 1. The van der Waals surface area contributed by atoms with E-state index in [1.165, 1.54) is 5.39 Å². The molecule has 0 amide bonds. The maximum atomic E-state index is 4.38. The summed E-state index contributed by atoms with van der Waals surface area (Å²) in [5.41, 5.74) is 0.926. The molecule has 0 saturated heterocycles. The highest BCUT2D eigenvalue weighted by Crippen LogP contribution is 2.24. The lowest BCUT2D eigenvalue weighted by Gasteiger charge is -2.02. The quantitative estimate of drug-likeness (QED) is 0.454. The molecule has 1 heterocycles. The lowest BCUT2D eigenvalue weighted by atomic mass is 10.1. The van der Waals surface area contributed by atoms with Gasteiger partial charge in [0.05, 0.1) is 5.52 Å². The standard InChI is InChI=1S/C13H9N3/c1-14-13-15-8-10-7-6-9-4-2-3-5-11(9)12(10)16-13/h2-8H,1H2. The van der Waals surface area contributed by atoms with Gasteiger partial charge in [0.1, 0.15) is 0 Å². The Balaban J connectivity index is 2.52. The van der Waals surface area contributed by atoms with E-state index in [4.69, 9.17) is 0 Å². The van der Waals surface area contributed by atoms with Crippen LogP contribution in [0.1, 0.15) is 0 Å². The van der Waals surface area contributed by atoms with E-state index in [0.717, 1.165) is 16.3 Å². The van der Waals surface area contributed by atoms with Gasteiger partial charge in [-0.3, -0.25) is 0 Å². The number of hydrogen-bond donors (Lipinski definition) is 0. The van der Waals surface area contributed by atoms with Gasteiger partial charge >= 0.3 is 0 Å². The molecule has 0 aliphatic heterocycles. The van der Waals surface area contributed by atoms with Crippen LogP contribution in [0.2, 0.25) is 0 Å². The van der Waals surface area contributed by atoms with E-state index in [1.54, 1.807) is 6.20 Å². The van der Waals surface area contributed by atoms with E-state index in [-0.39, 0.29) is 0 Å². The molecule has 3 rings (SSSR count). The summed E-state index contributed by atoms with van der Waals surface area (Å²) >= 11 is 0. The molecule has 0 spiro atoms. The number of aliphatic imine (C=N–C) groups is 1. The Morgan fingerprint density at radius 1 is 1.00 bits per heavy atom. The highest BCUT2D eigenvalue weighted by atomic mass is 15.0. The van der Waals surface area contributed by atoms with E-state index in [1.807, 2.05) is 18.2 Å². The molecule has 0 atom stereocenters. The molecule has 0 unspecified atom stereocenters. The summed E-state index contributed by atoms with van der Waals surface area (Å²) in [5, 5.41) is 3.31. The van der Waals surface area contributed by atoms with Crippen molar-refractivity contribution >= 4 is 34.3 Å². The van der Waals surface area contributed by atoms with Gasteiger partial charge in [-0.15, -0.1) is 0 Å². The number of benzene rings is 2. The zero-order valence-electron chi connectivity index (χ0n) is 8.59. The van der Waals surface area contributed by atoms with E-state index >= 15 is 0 Å². The molecular weight excluding hydrogens is 198 g/mol. The van der Waals surface area contributed by atoms with Crippen molar-refractivity contribution in [1.29, 1.82) is 0 Å². The molecule has 3 heteroatoms. The fourth-order valence-corrected chi connectivity index (χ4v) is 1.83. The predicted molar refractivity (Wildman–Crippen MR) is 66.3 cm³/mol. The zero-order chi connectivity index (χ0) is 11.0. The van der Waals surface area contributed by atoms with Crippen LogP contribution in [0.25, 0.3) is 21.7 Å². The van der Waals surface area contributed by atoms with Crippen molar-refractivity contribution < 1.29 is 0 Å². The van der Waals surface area contributed by atoms with Gasteiger partial charge in [0.25, 0.3) is 0 Å². The monoisotopic (exact) mass is 207 g/mol. The summed E-state index contributed by atoms with van der Waals surface area (Å²) in [7, 11) is 0. The molecule has 3 aromatic rings. The molecule has 76 valence electrons. The van der Waals surface area contributed by atoms with Crippen LogP contribution in [0.5, 0.6) is 0 Å². The Hall–Kier alpha value is -2.29. The summed E-state index contributed by atoms with van der Waals surface area (Å²) in [6.45, 7) is 3.44. The first kappa shape index (κ1) is 8.97. The first-order valence-corrected chi connectivity index (χ1v) is 5.00. The van der Waals surface area contributed by atoms with E-state index in [2.05, 4.69) is 39.9 Å². The molecule has 16 heavy (non-hydrogen) atoms.